The molecule has 0 radical (unpaired) electrons. The lowest BCUT2D eigenvalue weighted by atomic mass is 10.1. The van der Waals surface area contributed by atoms with Crippen molar-refractivity contribution in [3.8, 4) is 5.69 Å². The average molecular weight is 299 g/mol. The first-order valence-corrected chi connectivity index (χ1v) is 7.78. The maximum atomic E-state index is 5.09. The van der Waals surface area contributed by atoms with Crippen LogP contribution in [0.2, 0.25) is 0 Å². The van der Waals surface area contributed by atoms with E-state index in [1.54, 1.807) is 11.8 Å². The van der Waals surface area contributed by atoms with E-state index in [0.29, 0.717) is 0 Å². The summed E-state index contributed by atoms with van der Waals surface area (Å²) in [5.74, 6) is 1.59. The molecule has 0 bridgehead atoms. The van der Waals surface area contributed by atoms with Gasteiger partial charge in [-0.15, -0.1) is 0 Å². The van der Waals surface area contributed by atoms with Crippen LogP contribution in [0.4, 0.5) is 0 Å². The van der Waals surface area contributed by atoms with Crippen LogP contribution in [-0.4, -0.2) is 14.7 Å². The van der Waals surface area contributed by atoms with Crippen LogP contribution < -0.4 is 0 Å². The summed E-state index contributed by atoms with van der Waals surface area (Å²) in [5, 5.41) is 4.98. The number of rotatable bonds is 4. The first kappa shape index (κ1) is 13.9. The molecule has 0 unspecified atom stereocenters. The summed E-state index contributed by atoms with van der Waals surface area (Å²) in [6.07, 6.45) is 3.83. The van der Waals surface area contributed by atoms with Crippen molar-refractivity contribution >= 4 is 11.8 Å². The zero-order valence-corrected chi connectivity index (χ0v) is 13.1. The van der Waals surface area contributed by atoms with Crippen molar-refractivity contribution < 1.29 is 4.52 Å². The number of aryl methyl sites for hydroxylation is 3. The lowest BCUT2D eigenvalue weighted by molar-refractivity contribution is 0.393. The van der Waals surface area contributed by atoms with E-state index in [1.165, 1.54) is 16.8 Å². The molecule has 0 aliphatic heterocycles. The van der Waals surface area contributed by atoms with Crippen LogP contribution in [0.5, 0.6) is 0 Å². The van der Waals surface area contributed by atoms with E-state index in [9.17, 15) is 0 Å². The van der Waals surface area contributed by atoms with Gasteiger partial charge < -0.3 is 4.52 Å². The van der Waals surface area contributed by atoms with E-state index in [4.69, 9.17) is 4.52 Å². The van der Waals surface area contributed by atoms with Gasteiger partial charge in [-0.25, -0.2) is 4.98 Å². The molecule has 0 spiro atoms. The number of thioether (sulfide) groups is 1. The largest absolute Gasteiger partial charge is 0.361 e. The smallest absolute Gasteiger partial charge is 0.172 e. The van der Waals surface area contributed by atoms with Gasteiger partial charge in [0.15, 0.2) is 5.16 Å². The Labute approximate surface area is 128 Å². The van der Waals surface area contributed by atoms with Gasteiger partial charge in [0.25, 0.3) is 0 Å². The van der Waals surface area contributed by atoms with E-state index in [-0.39, 0.29) is 0 Å². The van der Waals surface area contributed by atoms with Crippen LogP contribution in [0, 0.1) is 20.8 Å². The second kappa shape index (κ2) is 5.77. The first-order chi connectivity index (χ1) is 10.1. The molecule has 0 amide bonds. The molecular weight excluding hydrogens is 282 g/mol. The molecule has 3 rings (SSSR count). The molecule has 0 aliphatic carbocycles. The molecule has 0 aliphatic rings. The Morgan fingerprint density at radius 1 is 1.19 bits per heavy atom. The Kier molecular flexibility index (Phi) is 3.84. The zero-order valence-electron chi connectivity index (χ0n) is 12.3. The molecule has 21 heavy (non-hydrogen) atoms. The van der Waals surface area contributed by atoms with Crippen molar-refractivity contribution in [1.29, 1.82) is 0 Å². The summed E-state index contributed by atoms with van der Waals surface area (Å²) >= 11 is 1.66. The fourth-order valence-electron chi connectivity index (χ4n) is 2.18. The summed E-state index contributed by atoms with van der Waals surface area (Å²) in [6, 6.07) is 8.40. The first-order valence-electron chi connectivity index (χ1n) is 6.79. The predicted molar refractivity (Wildman–Crippen MR) is 83.8 cm³/mol. The summed E-state index contributed by atoms with van der Waals surface area (Å²) in [7, 11) is 0. The SMILES string of the molecule is Cc1ccc(C)c(-n2ccnc2SCc2cc(C)on2)c1. The number of nitrogens with zero attached hydrogens (tertiary/aromatic N) is 3. The van der Waals surface area contributed by atoms with E-state index in [1.807, 2.05) is 25.4 Å². The van der Waals surface area contributed by atoms with Crippen molar-refractivity contribution in [3.63, 3.8) is 0 Å². The summed E-state index contributed by atoms with van der Waals surface area (Å²) in [4.78, 5) is 4.45. The van der Waals surface area contributed by atoms with Crippen LogP contribution in [-0.2, 0) is 5.75 Å². The highest BCUT2D eigenvalue weighted by Gasteiger charge is 2.10. The molecular formula is C16H17N3OS. The van der Waals surface area contributed by atoms with Gasteiger partial charge in [0.1, 0.15) is 5.76 Å². The Hall–Kier alpha value is -2.01. The monoisotopic (exact) mass is 299 g/mol. The fourth-order valence-corrected chi connectivity index (χ4v) is 3.03. The van der Waals surface area contributed by atoms with Crippen molar-refractivity contribution in [2.24, 2.45) is 0 Å². The molecule has 0 saturated heterocycles. The van der Waals surface area contributed by atoms with Crippen LogP contribution in [0.1, 0.15) is 22.6 Å². The maximum absolute atomic E-state index is 5.09. The third-order valence-corrected chi connectivity index (χ3v) is 4.26. The van der Waals surface area contributed by atoms with E-state index < -0.39 is 0 Å². The Bertz CT molecular complexity index is 760. The topological polar surface area (TPSA) is 43.9 Å². The average Bonchev–Trinajstić information content (AvgIpc) is 3.08. The minimum Gasteiger partial charge on any atom is -0.361 e. The van der Waals surface area contributed by atoms with Crippen molar-refractivity contribution in [2.75, 3.05) is 0 Å². The summed E-state index contributed by atoms with van der Waals surface area (Å²) in [6.45, 7) is 6.12. The molecule has 0 fully saturated rings. The van der Waals surface area contributed by atoms with Gasteiger partial charge in [0.05, 0.1) is 11.4 Å². The van der Waals surface area contributed by atoms with Gasteiger partial charge in [-0.05, 0) is 38.0 Å². The molecule has 2 aromatic heterocycles. The predicted octanol–water partition coefficient (Wildman–Crippen LogP) is 4.08. The van der Waals surface area contributed by atoms with E-state index in [2.05, 4.69) is 46.8 Å². The number of aromatic nitrogens is 3. The highest BCUT2D eigenvalue weighted by molar-refractivity contribution is 7.98. The number of hydrogen-bond acceptors (Lipinski definition) is 4. The van der Waals surface area contributed by atoms with Gasteiger partial charge in [-0.2, -0.15) is 0 Å². The van der Waals surface area contributed by atoms with Gasteiger partial charge in [0.2, 0.25) is 0 Å². The van der Waals surface area contributed by atoms with Gasteiger partial charge in [-0.3, -0.25) is 4.57 Å². The third-order valence-electron chi connectivity index (χ3n) is 3.26. The van der Waals surface area contributed by atoms with E-state index in [0.717, 1.165) is 22.4 Å². The molecule has 2 heterocycles. The number of imidazole rings is 1. The summed E-state index contributed by atoms with van der Waals surface area (Å²) in [5.41, 5.74) is 4.59. The minimum absolute atomic E-state index is 0.749. The van der Waals surface area contributed by atoms with E-state index >= 15 is 0 Å². The fraction of sp³-hybridized carbons (Fsp3) is 0.250. The second-order valence-electron chi connectivity index (χ2n) is 5.09. The molecule has 108 valence electrons. The molecule has 0 saturated carbocycles. The Morgan fingerprint density at radius 2 is 2.05 bits per heavy atom. The minimum atomic E-state index is 0.749. The lowest BCUT2D eigenvalue weighted by Gasteiger charge is -2.11. The molecule has 3 aromatic rings. The molecule has 0 atom stereocenters. The summed E-state index contributed by atoms with van der Waals surface area (Å²) < 4.78 is 7.22. The van der Waals surface area contributed by atoms with Crippen LogP contribution >= 0.6 is 11.8 Å². The zero-order chi connectivity index (χ0) is 14.8. The Morgan fingerprint density at radius 3 is 2.81 bits per heavy atom. The number of hydrogen-bond donors (Lipinski definition) is 0. The van der Waals surface area contributed by atoms with Crippen molar-refractivity contribution in [1.82, 2.24) is 14.7 Å². The highest BCUT2D eigenvalue weighted by atomic mass is 32.2. The third kappa shape index (κ3) is 3.03. The van der Waals surface area contributed by atoms with Gasteiger partial charge in [-0.1, -0.05) is 29.1 Å². The number of benzene rings is 1. The molecule has 1 aromatic carbocycles. The molecule has 5 heteroatoms. The normalized spacial score (nSPS) is 11.0. The van der Waals surface area contributed by atoms with Crippen molar-refractivity contribution in [3.05, 3.63) is 59.2 Å². The van der Waals surface area contributed by atoms with Crippen molar-refractivity contribution in [2.45, 2.75) is 31.7 Å². The van der Waals surface area contributed by atoms with Gasteiger partial charge in [0, 0.05) is 24.2 Å². The van der Waals surface area contributed by atoms with Crippen LogP contribution in [0.25, 0.3) is 5.69 Å². The van der Waals surface area contributed by atoms with Crippen LogP contribution in [0.15, 0.2) is 46.3 Å². The standard InChI is InChI=1S/C16H17N3OS/c1-11-4-5-12(2)15(8-11)19-7-6-17-16(19)21-10-14-9-13(3)20-18-14/h4-9H,10H2,1-3H3. The lowest BCUT2D eigenvalue weighted by Crippen LogP contribution is -1.98. The molecule has 0 N–H and O–H groups in total. The second-order valence-corrected chi connectivity index (χ2v) is 6.03. The molecule has 4 nitrogen and oxygen atoms in total. The Balaban J connectivity index is 1.85. The van der Waals surface area contributed by atoms with Gasteiger partial charge >= 0.3 is 0 Å². The quantitative estimate of drug-likeness (QED) is 0.681. The van der Waals surface area contributed by atoms with Crippen LogP contribution in [0.3, 0.4) is 0 Å². The maximum Gasteiger partial charge on any atom is 0.172 e. The highest BCUT2D eigenvalue weighted by Crippen LogP contribution is 2.26.